The van der Waals surface area contributed by atoms with Crippen molar-refractivity contribution in [2.24, 2.45) is 5.92 Å². The third-order valence-corrected chi connectivity index (χ3v) is 4.13. The average Bonchev–Trinajstić information content (AvgIpc) is 2.45. The van der Waals surface area contributed by atoms with Crippen LogP contribution in [0.2, 0.25) is 0 Å². The van der Waals surface area contributed by atoms with Crippen LogP contribution in [-0.4, -0.2) is 31.1 Å². The fourth-order valence-corrected chi connectivity index (χ4v) is 3.19. The summed E-state index contributed by atoms with van der Waals surface area (Å²) in [5.74, 6) is -1.11. The summed E-state index contributed by atoms with van der Waals surface area (Å²) >= 11 is 0. The van der Waals surface area contributed by atoms with E-state index < -0.39 is 11.6 Å². The molecule has 1 fully saturated rings. The third-order valence-electron chi connectivity index (χ3n) is 4.13. The third kappa shape index (κ3) is 3.36. The zero-order valence-electron chi connectivity index (χ0n) is 12.3. The standard InChI is InChI=1S/C16H24F2N2/c1-3-5-12(2)16(20-10-8-19-9-11-20)13-6-4-7-14(17)15(13)18/h4,6-7,12,16,19H,3,5,8-11H2,1-2H3/t12?,16-/m1/s1. The van der Waals surface area contributed by atoms with Gasteiger partial charge < -0.3 is 5.32 Å². The summed E-state index contributed by atoms with van der Waals surface area (Å²) in [7, 11) is 0. The lowest BCUT2D eigenvalue weighted by atomic mass is 9.89. The van der Waals surface area contributed by atoms with E-state index in [1.54, 1.807) is 12.1 Å². The molecule has 2 atom stereocenters. The van der Waals surface area contributed by atoms with Crippen molar-refractivity contribution in [3.63, 3.8) is 0 Å². The molecule has 1 aromatic rings. The minimum Gasteiger partial charge on any atom is -0.314 e. The molecule has 1 N–H and O–H groups in total. The summed E-state index contributed by atoms with van der Waals surface area (Å²) in [5, 5.41) is 3.31. The van der Waals surface area contributed by atoms with Crippen LogP contribution in [0, 0.1) is 17.6 Å². The highest BCUT2D eigenvalue weighted by Crippen LogP contribution is 2.33. The first-order valence-corrected chi connectivity index (χ1v) is 7.53. The Kier molecular flexibility index (Phi) is 5.49. The van der Waals surface area contributed by atoms with Crippen molar-refractivity contribution >= 4 is 0 Å². The van der Waals surface area contributed by atoms with Crippen LogP contribution in [0.1, 0.15) is 38.3 Å². The highest BCUT2D eigenvalue weighted by Gasteiger charge is 2.29. The van der Waals surface area contributed by atoms with Gasteiger partial charge in [-0.25, -0.2) is 8.78 Å². The zero-order chi connectivity index (χ0) is 14.5. The molecule has 1 aromatic carbocycles. The molecule has 0 aromatic heterocycles. The first-order valence-electron chi connectivity index (χ1n) is 7.53. The van der Waals surface area contributed by atoms with Gasteiger partial charge in [-0.1, -0.05) is 32.4 Å². The van der Waals surface area contributed by atoms with Crippen molar-refractivity contribution in [1.82, 2.24) is 10.2 Å². The predicted molar refractivity (Wildman–Crippen MR) is 77.6 cm³/mol. The summed E-state index contributed by atoms with van der Waals surface area (Å²) in [5.41, 5.74) is 0.507. The number of benzene rings is 1. The highest BCUT2D eigenvalue weighted by atomic mass is 19.2. The Balaban J connectivity index is 2.31. The Labute approximate surface area is 120 Å². The van der Waals surface area contributed by atoms with Gasteiger partial charge in [0.2, 0.25) is 0 Å². The molecule has 2 rings (SSSR count). The Morgan fingerprint density at radius 2 is 1.95 bits per heavy atom. The van der Waals surface area contributed by atoms with Crippen LogP contribution >= 0.6 is 0 Å². The minimum atomic E-state index is -0.744. The average molecular weight is 282 g/mol. The van der Waals surface area contributed by atoms with Gasteiger partial charge in [0.1, 0.15) is 0 Å². The van der Waals surface area contributed by atoms with E-state index in [2.05, 4.69) is 24.1 Å². The van der Waals surface area contributed by atoms with Crippen LogP contribution in [-0.2, 0) is 0 Å². The number of rotatable bonds is 5. The maximum Gasteiger partial charge on any atom is 0.163 e. The summed E-state index contributed by atoms with van der Waals surface area (Å²) in [6.07, 6.45) is 2.07. The molecule has 0 bridgehead atoms. The van der Waals surface area contributed by atoms with Crippen LogP contribution < -0.4 is 5.32 Å². The molecule has 112 valence electrons. The second kappa shape index (κ2) is 7.14. The molecular formula is C16H24F2N2. The van der Waals surface area contributed by atoms with E-state index >= 15 is 0 Å². The van der Waals surface area contributed by atoms with Gasteiger partial charge in [-0.2, -0.15) is 0 Å². The van der Waals surface area contributed by atoms with Crippen LogP contribution in [0.15, 0.2) is 18.2 Å². The second-order valence-corrected chi connectivity index (χ2v) is 5.64. The van der Waals surface area contributed by atoms with E-state index in [0.717, 1.165) is 39.0 Å². The molecule has 0 spiro atoms. The topological polar surface area (TPSA) is 15.3 Å². The second-order valence-electron chi connectivity index (χ2n) is 5.64. The SMILES string of the molecule is CCCC(C)[C@H](c1cccc(F)c1F)N1CCNCC1. The molecule has 1 saturated heterocycles. The van der Waals surface area contributed by atoms with Crippen LogP contribution in [0.3, 0.4) is 0 Å². The number of halogens is 2. The Hall–Kier alpha value is -1.00. The first-order chi connectivity index (χ1) is 9.65. The summed E-state index contributed by atoms with van der Waals surface area (Å²) < 4.78 is 27.7. The van der Waals surface area contributed by atoms with Crippen molar-refractivity contribution in [2.75, 3.05) is 26.2 Å². The molecule has 1 aliphatic rings. The van der Waals surface area contributed by atoms with Gasteiger partial charge in [0, 0.05) is 37.8 Å². The summed E-state index contributed by atoms with van der Waals surface area (Å²) in [4.78, 5) is 2.29. The molecule has 1 unspecified atom stereocenters. The van der Waals surface area contributed by atoms with Crippen LogP contribution in [0.5, 0.6) is 0 Å². The Bertz CT molecular complexity index is 430. The van der Waals surface area contributed by atoms with E-state index in [0.29, 0.717) is 11.5 Å². The monoisotopic (exact) mass is 282 g/mol. The van der Waals surface area contributed by atoms with Crippen molar-refractivity contribution < 1.29 is 8.78 Å². The molecule has 0 radical (unpaired) electrons. The lowest BCUT2D eigenvalue weighted by Gasteiger charge is -2.38. The summed E-state index contributed by atoms with van der Waals surface area (Å²) in [6.45, 7) is 7.86. The van der Waals surface area contributed by atoms with Crippen molar-refractivity contribution in [3.05, 3.63) is 35.4 Å². The maximum atomic E-state index is 14.2. The van der Waals surface area contributed by atoms with E-state index in [4.69, 9.17) is 0 Å². The van der Waals surface area contributed by atoms with Gasteiger partial charge in [-0.05, 0) is 18.4 Å². The minimum absolute atomic E-state index is 0.0345. The van der Waals surface area contributed by atoms with E-state index in [1.165, 1.54) is 6.07 Å². The van der Waals surface area contributed by atoms with Crippen LogP contribution in [0.25, 0.3) is 0 Å². The van der Waals surface area contributed by atoms with E-state index in [1.807, 2.05) is 0 Å². The Morgan fingerprint density at radius 3 is 2.60 bits per heavy atom. The fourth-order valence-electron chi connectivity index (χ4n) is 3.19. The molecule has 2 nitrogen and oxygen atoms in total. The zero-order valence-corrected chi connectivity index (χ0v) is 12.3. The quantitative estimate of drug-likeness (QED) is 0.891. The van der Waals surface area contributed by atoms with Crippen molar-refractivity contribution in [3.8, 4) is 0 Å². The number of nitrogens with one attached hydrogen (secondary N) is 1. The Morgan fingerprint density at radius 1 is 1.25 bits per heavy atom. The van der Waals surface area contributed by atoms with Crippen molar-refractivity contribution in [2.45, 2.75) is 32.7 Å². The maximum absolute atomic E-state index is 14.2. The molecule has 4 heteroatoms. The molecule has 20 heavy (non-hydrogen) atoms. The number of hydrogen-bond acceptors (Lipinski definition) is 2. The largest absolute Gasteiger partial charge is 0.314 e. The summed E-state index contributed by atoms with van der Waals surface area (Å²) in [6, 6.07) is 4.50. The predicted octanol–water partition coefficient (Wildman–Crippen LogP) is 3.35. The number of hydrogen-bond donors (Lipinski definition) is 1. The molecule has 0 aliphatic carbocycles. The van der Waals surface area contributed by atoms with E-state index in [-0.39, 0.29) is 6.04 Å². The molecule has 1 aliphatic heterocycles. The lowest BCUT2D eigenvalue weighted by Crippen LogP contribution is -2.46. The normalized spacial score (nSPS) is 19.8. The van der Waals surface area contributed by atoms with E-state index in [9.17, 15) is 8.78 Å². The van der Waals surface area contributed by atoms with Gasteiger partial charge in [-0.15, -0.1) is 0 Å². The fraction of sp³-hybridized carbons (Fsp3) is 0.625. The van der Waals surface area contributed by atoms with Crippen LogP contribution in [0.4, 0.5) is 8.78 Å². The van der Waals surface area contributed by atoms with Gasteiger partial charge in [0.25, 0.3) is 0 Å². The van der Waals surface area contributed by atoms with Gasteiger partial charge in [0.05, 0.1) is 0 Å². The van der Waals surface area contributed by atoms with Gasteiger partial charge >= 0.3 is 0 Å². The van der Waals surface area contributed by atoms with Gasteiger partial charge in [0.15, 0.2) is 11.6 Å². The van der Waals surface area contributed by atoms with Gasteiger partial charge in [-0.3, -0.25) is 4.90 Å². The number of piperazine rings is 1. The first kappa shape index (κ1) is 15.4. The smallest absolute Gasteiger partial charge is 0.163 e. The van der Waals surface area contributed by atoms with Crippen molar-refractivity contribution in [1.29, 1.82) is 0 Å². The molecule has 1 heterocycles. The molecular weight excluding hydrogens is 258 g/mol. The molecule has 0 saturated carbocycles. The number of nitrogens with zero attached hydrogens (tertiary/aromatic N) is 1. The highest BCUT2D eigenvalue weighted by molar-refractivity contribution is 5.23. The lowest BCUT2D eigenvalue weighted by molar-refractivity contribution is 0.122. The molecule has 0 amide bonds.